The summed E-state index contributed by atoms with van der Waals surface area (Å²) >= 11 is 0. The largest absolute Gasteiger partial charge is 0.444 e. The topological polar surface area (TPSA) is 66.2 Å². The van der Waals surface area contributed by atoms with Crippen LogP contribution in [0.4, 0.5) is 4.79 Å². The number of H-pyrrole nitrogens is 1. The molecule has 5 nitrogen and oxygen atoms in total. The van der Waals surface area contributed by atoms with E-state index in [1.165, 1.54) is 5.56 Å². The van der Waals surface area contributed by atoms with Gasteiger partial charge in [0.15, 0.2) is 0 Å². The third kappa shape index (κ3) is 5.79. The fourth-order valence-electron chi connectivity index (χ4n) is 2.65. The van der Waals surface area contributed by atoms with Crippen LogP contribution in [0.15, 0.2) is 18.5 Å². The molecule has 0 saturated heterocycles. The van der Waals surface area contributed by atoms with Gasteiger partial charge in [0.05, 0.1) is 0 Å². The first kappa shape index (κ1) is 15.9. The fourth-order valence-corrected chi connectivity index (χ4v) is 2.65. The summed E-state index contributed by atoms with van der Waals surface area (Å²) in [6, 6.07) is 2.87. The average Bonchev–Trinajstić information content (AvgIpc) is 2.89. The van der Waals surface area contributed by atoms with Crippen LogP contribution in [-0.4, -0.2) is 28.8 Å². The fraction of sp³-hybridized carbons (Fsp3) is 0.688. The van der Waals surface area contributed by atoms with E-state index in [0.717, 1.165) is 32.2 Å². The van der Waals surface area contributed by atoms with Crippen LogP contribution in [0.3, 0.4) is 0 Å². The van der Waals surface area contributed by atoms with E-state index >= 15 is 0 Å². The van der Waals surface area contributed by atoms with Crippen molar-refractivity contribution < 1.29 is 9.53 Å². The van der Waals surface area contributed by atoms with Gasteiger partial charge in [-0.15, -0.1) is 0 Å². The number of nitrogens with one attached hydrogen (secondary N) is 3. The average molecular weight is 293 g/mol. The van der Waals surface area contributed by atoms with E-state index in [-0.39, 0.29) is 12.1 Å². The minimum Gasteiger partial charge on any atom is -0.444 e. The quantitative estimate of drug-likeness (QED) is 0.799. The number of aromatic nitrogens is 1. The molecule has 3 N–H and O–H groups in total. The number of carbonyl (C=O) groups is 1. The van der Waals surface area contributed by atoms with Gasteiger partial charge in [0, 0.05) is 31.0 Å². The standard InChI is InChI=1S/C16H27N3O2/c1-16(2,3)21-15(20)19-14-6-4-13(5-7-14)18-11-12-8-9-17-10-12/h8-10,13-14,17-18H,4-7,11H2,1-3H3,(H,19,20). The van der Waals surface area contributed by atoms with E-state index in [9.17, 15) is 4.79 Å². The lowest BCUT2D eigenvalue weighted by Gasteiger charge is -2.30. The van der Waals surface area contributed by atoms with Gasteiger partial charge in [-0.05, 0) is 58.1 Å². The second-order valence-corrected chi connectivity index (χ2v) is 6.79. The van der Waals surface area contributed by atoms with Crippen molar-refractivity contribution in [2.75, 3.05) is 0 Å². The monoisotopic (exact) mass is 293 g/mol. The minimum atomic E-state index is -0.431. The molecular formula is C16H27N3O2. The van der Waals surface area contributed by atoms with Crippen LogP contribution in [0.25, 0.3) is 0 Å². The molecule has 0 radical (unpaired) electrons. The summed E-state index contributed by atoms with van der Waals surface area (Å²) in [5.41, 5.74) is 0.850. The summed E-state index contributed by atoms with van der Waals surface area (Å²) < 4.78 is 5.29. The Morgan fingerprint density at radius 2 is 1.95 bits per heavy atom. The van der Waals surface area contributed by atoms with E-state index in [1.54, 1.807) is 0 Å². The van der Waals surface area contributed by atoms with Crippen LogP contribution < -0.4 is 10.6 Å². The van der Waals surface area contributed by atoms with Crippen LogP contribution in [-0.2, 0) is 11.3 Å². The molecule has 0 unspecified atom stereocenters. The molecule has 118 valence electrons. The minimum absolute atomic E-state index is 0.241. The predicted octanol–water partition coefficient (Wildman–Crippen LogP) is 2.94. The number of aromatic amines is 1. The summed E-state index contributed by atoms with van der Waals surface area (Å²) in [5, 5.41) is 6.54. The molecule has 0 aromatic carbocycles. The van der Waals surface area contributed by atoms with Crippen LogP contribution in [0.2, 0.25) is 0 Å². The van der Waals surface area contributed by atoms with Crippen LogP contribution in [0, 0.1) is 0 Å². The molecular weight excluding hydrogens is 266 g/mol. The lowest BCUT2D eigenvalue weighted by atomic mass is 9.91. The van der Waals surface area contributed by atoms with Crippen LogP contribution >= 0.6 is 0 Å². The molecule has 0 spiro atoms. The van der Waals surface area contributed by atoms with Crippen molar-refractivity contribution in [3.63, 3.8) is 0 Å². The Hall–Kier alpha value is -1.49. The highest BCUT2D eigenvalue weighted by atomic mass is 16.6. The highest BCUT2D eigenvalue weighted by Gasteiger charge is 2.24. The smallest absolute Gasteiger partial charge is 0.407 e. The SMILES string of the molecule is CC(C)(C)OC(=O)NC1CCC(NCc2cc[nH]c2)CC1. The lowest BCUT2D eigenvalue weighted by Crippen LogP contribution is -2.43. The van der Waals surface area contributed by atoms with Gasteiger partial charge in [0.1, 0.15) is 5.60 Å². The van der Waals surface area contributed by atoms with Gasteiger partial charge in [-0.2, -0.15) is 0 Å². The first-order valence-electron chi connectivity index (χ1n) is 7.77. The number of alkyl carbamates (subject to hydrolysis) is 1. The van der Waals surface area contributed by atoms with Crippen LogP contribution in [0.1, 0.15) is 52.0 Å². The van der Waals surface area contributed by atoms with Crippen molar-refractivity contribution >= 4 is 6.09 Å². The van der Waals surface area contributed by atoms with Crippen molar-refractivity contribution in [1.82, 2.24) is 15.6 Å². The van der Waals surface area contributed by atoms with Crippen molar-refractivity contribution in [3.8, 4) is 0 Å². The zero-order valence-corrected chi connectivity index (χ0v) is 13.2. The number of carbonyl (C=O) groups excluding carboxylic acids is 1. The maximum Gasteiger partial charge on any atom is 0.407 e. The second kappa shape index (κ2) is 6.98. The zero-order valence-electron chi connectivity index (χ0n) is 13.2. The number of hydrogen-bond donors (Lipinski definition) is 3. The Morgan fingerprint density at radius 1 is 1.29 bits per heavy atom. The number of rotatable bonds is 4. The molecule has 0 bridgehead atoms. The lowest BCUT2D eigenvalue weighted by molar-refractivity contribution is 0.0490. The molecule has 1 heterocycles. The van der Waals surface area contributed by atoms with Crippen molar-refractivity contribution in [1.29, 1.82) is 0 Å². The third-order valence-electron chi connectivity index (χ3n) is 3.71. The molecule has 1 saturated carbocycles. The Bertz CT molecular complexity index is 429. The number of ether oxygens (including phenoxy) is 1. The van der Waals surface area contributed by atoms with Crippen LogP contribution in [0.5, 0.6) is 0 Å². The number of amides is 1. The zero-order chi connectivity index (χ0) is 15.3. The van der Waals surface area contributed by atoms with E-state index in [1.807, 2.05) is 33.2 Å². The van der Waals surface area contributed by atoms with Crippen molar-refractivity contribution in [3.05, 3.63) is 24.0 Å². The van der Waals surface area contributed by atoms with Gasteiger partial charge in [-0.1, -0.05) is 0 Å². The highest BCUT2D eigenvalue weighted by Crippen LogP contribution is 2.19. The number of hydrogen-bond acceptors (Lipinski definition) is 3. The van der Waals surface area contributed by atoms with Gasteiger partial charge in [0.25, 0.3) is 0 Å². The van der Waals surface area contributed by atoms with Gasteiger partial charge in [-0.3, -0.25) is 0 Å². The Labute approximate surface area is 126 Å². The molecule has 1 aliphatic carbocycles. The van der Waals surface area contributed by atoms with Gasteiger partial charge < -0.3 is 20.4 Å². The molecule has 0 atom stereocenters. The van der Waals surface area contributed by atoms with Gasteiger partial charge in [0.2, 0.25) is 0 Å². The first-order chi connectivity index (χ1) is 9.92. The molecule has 1 amide bonds. The summed E-state index contributed by atoms with van der Waals surface area (Å²) in [7, 11) is 0. The third-order valence-corrected chi connectivity index (χ3v) is 3.71. The van der Waals surface area contributed by atoms with E-state index in [4.69, 9.17) is 4.74 Å². The Balaban J connectivity index is 1.65. The maximum atomic E-state index is 11.7. The molecule has 1 aliphatic rings. The second-order valence-electron chi connectivity index (χ2n) is 6.79. The van der Waals surface area contributed by atoms with E-state index in [2.05, 4.69) is 21.7 Å². The summed E-state index contributed by atoms with van der Waals surface area (Å²) in [6.07, 6.45) is 7.84. The van der Waals surface area contributed by atoms with Gasteiger partial charge >= 0.3 is 6.09 Å². The maximum absolute atomic E-state index is 11.7. The molecule has 1 aromatic rings. The van der Waals surface area contributed by atoms with E-state index < -0.39 is 5.60 Å². The summed E-state index contributed by atoms with van der Waals surface area (Å²) in [5.74, 6) is 0. The molecule has 21 heavy (non-hydrogen) atoms. The normalized spacial score (nSPS) is 22.8. The molecule has 1 fully saturated rings. The Kier molecular flexibility index (Phi) is 5.28. The first-order valence-corrected chi connectivity index (χ1v) is 7.77. The Morgan fingerprint density at radius 3 is 2.52 bits per heavy atom. The van der Waals surface area contributed by atoms with Gasteiger partial charge in [-0.25, -0.2) is 4.79 Å². The molecule has 1 aromatic heterocycles. The van der Waals surface area contributed by atoms with Crippen molar-refractivity contribution in [2.45, 2.75) is 70.7 Å². The molecule has 5 heteroatoms. The van der Waals surface area contributed by atoms with E-state index in [0.29, 0.717) is 6.04 Å². The summed E-state index contributed by atoms with van der Waals surface area (Å²) in [6.45, 7) is 6.55. The predicted molar refractivity (Wildman–Crippen MR) is 83.0 cm³/mol. The molecule has 2 rings (SSSR count). The highest BCUT2D eigenvalue weighted by molar-refractivity contribution is 5.68. The summed E-state index contributed by atoms with van der Waals surface area (Å²) in [4.78, 5) is 14.8. The van der Waals surface area contributed by atoms with Crippen molar-refractivity contribution in [2.24, 2.45) is 0 Å². The molecule has 0 aliphatic heterocycles.